The highest BCUT2D eigenvalue weighted by molar-refractivity contribution is 5.47. The van der Waals surface area contributed by atoms with E-state index in [0.717, 1.165) is 12.0 Å². The third kappa shape index (κ3) is 3.90. The summed E-state index contributed by atoms with van der Waals surface area (Å²) in [7, 11) is 0. The van der Waals surface area contributed by atoms with E-state index in [2.05, 4.69) is 19.2 Å². The van der Waals surface area contributed by atoms with Crippen molar-refractivity contribution in [3.8, 4) is 0 Å². The van der Waals surface area contributed by atoms with Gasteiger partial charge in [0.05, 0.1) is 5.69 Å². The lowest BCUT2D eigenvalue weighted by Gasteiger charge is -2.15. The summed E-state index contributed by atoms with van der Waals surface area (Å²) in [6.07, 6.45) is 3.45. The smallest absolute Gasteiger partial charge is 0.146 e. The summed E-state index contributed by atoms with van der Waals surface area (Å²) < 4.78 is 13.4. The molecule has 0 fully saturated rings. The van der Waals surface area contributed by atoms with Gasteiger partial charge in [0, 0.05) is 6.04 Å². The minimum absolute atomic E-state index is 0.163. The van der Waals surface area contributed by atoms with Crippen LogP contribution in [-0.2, 0) is 0 Å². The molecule has 1 aromatic rings. The van der Waals surface area contributed by atoms with Crippen LogP contribution in [-0.4, -0.2) is 6.04 Å². The number of rotatable bonds is 5. The summed E-state index contributed by atoms with van der Waals surface area (Å²) >= 11 is 0. The predicted molar refractivity (Wildman–Crippen MR) is 63.7 cm³/mol. The molecule has 0 saturated heterocycles. The zero-order chi connectivity index (χ0) is 11.3. The van der Waals surface area contributed by atoms with Crippen LogP contribution in [0.5, 0.6) is 0 Å². The third-order valence-electron chi connectivity index (χ3n) is 2.51. The van der Waals surface area contributed by atoms with Crippen LogP contribution in [0, 0.1) is 12.7 Å². The number of anilines is 1. The summed E-state index contributed by atoms with van der Waals surface area (Å²) in [5.74, 6) is -0.163. The molecule has 0 saturated carbocycles. The molecule has 1 rings (SSSR count). The first kappa shape index (κ1) is 12.0. The van der Waals surface area contributed by atoms with Crippen molar-refractivity contribution in [1.29, 1.82) is 0 Å². The van der Waals surface area contributed by atoms with E-state index >= 15 is 0 Å². The maximum atomic E-state index is 13.4. The molecule has 15 heavy (non-hydrogen) atoms. The van der Waals surface area contributed by atoms with Crippen molar-refractivity contribution in [3.05, 3.63) is 29.6 Å². The highest BCUT2D eigenvalue weighted by Crippen LogP contribution is 2.17. The van der Waals surface area contributed by atoms with Crippen LogP contribution in [0.15, 0.2) is 18.2 Å². The Kier molecular flexibility index (Phi) is 4.60. The Balaban J connectivity index is 2.59. The van der Waals surface area contributed by atoms with Crippen molar-refractivity contribution in [2.45, 2.75) is 46.1 Å². The SMILES string of the molecule is CCCCC(C)Nc1cc(C)ccc1F. The third-order valence-corrected chi connectivity index (χ3v) is 2.51. The van der Waals surface area contributed by atoms with E-state index in [1.807, 2.05) is 13.0 Å². The number of halogens is 1. The van der Waals surface area contributed by atoms with Gasteiger partial charge in [-0.1, -0.05) is 25.8 Å². The van der Waals surface area contributed by atoms with Gasteiger partial charge in [-0.3, -0.25) is 0 Å². The van der Waals surface area contributed by atoms with E-state index in [0.29, 0.717) is 11.7 Å². The largest absolute Gasteiger partial charge is 0.380 e. The molecule has 1 nitrogen and oxygen atoms in total. The van der Waals surface area contributed by atoms with Crippen molar-refractivity contribution >= 4 is 5.69 Å². The fourth-order valence-electron chi connectivity index (χ4n) is 1.60. The highest BCUT2D eigenvalue weighted by Gasteiger charge is 2.05. The van der Waals surface area contributed by atoms with E-state index in [1.165, 1.54) is 18.9 Å². The number of hydrogen-bond donors (Lipinski definition) is 1. The zero-order valence-electron chi connectivity index (χ0n) is 9.81. The fourth-order valence-corrected chi connectivity index (χ4v) is 1.60. The number of benzene rings is 1. The average Bonchev–Trinajstić information content (AvgIpc) is 2.20. The van der Waals surface area contributed by atoms with Crippen LogP contribution in [0.1, 0.15) is 38.7 Å². The van der Waals surface area contributed by atoms with E-state index in [-0.39, 0.29) is 5.82 Å². The monoisotopic (exact) mass is 209 g/mol. The molecule has 0 amide bonds. The molecule has 0 aliphatic carbocycles. The summed E-state index contributed by atoms with van der Waals surface area (Å²) in [4.78, 5) is 0. The Bertz CT molecular complexity index is 309. The molecule has 0 aliphatic heterocycles. The first-order chi connectivity index (χ1) is 7.13. The molecule has 1 N–H and O–H groups in total. The molecule has 0 aliphatic rings. The van der Waals surface area contributed by atoms with Gasteiger partial charge in [0.15, 0.2) is 0 Å². The van der Waals surface area contributed by atoms with Crippen molar-refractivity contribution in [2.24, 2.45) is 0 Å². The van der Waals surface area contributed by atoms with Gasteiger partial charge < -0.3 is 5.32 Å². The Labute approximate surface area is 91.7 Å². The standard InChI is InChI=1S/C13H20FN/c1-4-5-6-11(3)15-13-9-10(2)7-8-12(13)14/h7-9,11,15H,4-6H2,1-3H3. The Morgan fingerprint density at radius 3 is 2.80 bits per heavy atom. The Morgan fingerprint density at radius 1 is 1.40 bits per heavy atom. The molecule has 1 unspecified atom stereocenters. The molecule has 2 heteroatoms. The summed E-state index contributed by atoms with van der Waals surface area (Å²) in [6.45, 7) is 6.23. The lowest BCUT2D eigenvalue weighted by Crippen LogP contribution is -2.15. The number of nitrogens with one attached hydrogen (secondary N) is 1. The molecule has 0 spiro atoms. The molecule has 1 atom stereocenters. The van der Waals surface area contributed by atoms with Gasteiger partial charge in [-0.15, -0.1) is 0 Å². The van der Waals surface area contributed by atoms with E-state index in [1.54, 1.807) is 6.07 Å². The summed E-state index contributed by atoms with van der Waals surface area (Å²) in [5.41, 5.74) is 1.71. The van der Waals surface area contributed by atoms with Crippen LogP contribution in [0.3, 0.4) is 0 Å². The lowest BCUT2D eigenvalue weighted by atomic mass is 10.1. The molecular weight excluding hydrogens is 189 g/mol. The second kappa shape index (κ2) is 5.74. The van der Waals surface area contributed by atoms with Gasteiger partial charge in [-0.2, -0.15) is 0 Å². The quantitative estimate of drug-likeness (QED) is 0.769. The van der Waals surface area contributed by atoms with E-state index in [9.17, 15) is 4.39 Å². The van der Waals surface area contributed by atoms with Crippen LogP contribution < -0.4 is 5.32 Å². The van der Waals surface area contributed by atoms with Crippen molar-refractivity contribution < 1.29 is 4.39 Å². The fraction of sp³-hybridized carbons (Fsp3) is 0.538. The maximum absolute atomic E-state index is 13.4. The number of hydrogen-bond acceptors (Lipinski definition) is 1. The maximum Gasteiger partial charge on any atom is 0.146 e. The predicted octanol–water partition coefficient (Wildman–Crippen LogP) is 4.12. The van der Waals surface area contributed by atoms with Crippen molar-refractivity contribution in [3.63, 3.8) is 0 Å². The normalized spacial score (nSPS) is 12.5. The van der Waals surface area contributed by atoms with Crippen LogP contribution in [0.4, 0.5) is 10.1 Å². The first-order valence-corrected chi connectivity index (χ1v) is 5.66. The van der Waals surface area contributed by atoms with Gasteiger partial charge in [-0.25, -0.2) is 4.39 Å². The molecule has 1 aromatic carbocycles. The highest BCUT2D eigenvalue weighted by atomic mass is 19.1. The Morgan fingerprint density at radius 2 is 2.13 bits per heavy atom. The molecule has 84 valence electrons. The van der Waals surface area contributed by atoms with E-state index < -0.39 is 0 Å². The molecule has 0 radical (unpaired) electrons. The van der Waals surface area contributed by atoms with Gasteiger partial charge in [0.2, 0.25) is 0 Å². The van der Waals surface area contributed by atoms with Crippen molar-refractivity contribution in [1.82, 2.24) is 0 Å². The van der Waals surface area contributed by atoms with E-state index in [4.69, 9.17) is 0 Å². The Hall–Kier alpha value is -1.05. The number of aryl methyl sites for hydroxylation is 1. The van der Waals surface area contributed by atoms with Crippen LogP contribution in [0.25, 0.3) is 0 Å². The molecular formula is C13H20FN. The van der Waals surface area contributed by atoms with Crippen molar-refractivity contribution in [2.75, 3.05) is 5.32 Å². The second-order valence-electron chi connectivity index (χ2n) is 4.17. The summed E-state index contributed by atoms with van der Waals surface area (Å²) in [6, 6.07) is 5.50. The minimum atomic E-state index is -0.163. The minimum Gasteiger partial charge on any atom is -0.380 e. The van der Waals surface area contributed by atoms with Gasteiger partial charge in [0.1, 0.15) is 5.82 Å². The lowest BCUT2D eigenvalue weighted by molar-refractivity contribution is 0.612. The zero-order valence-corrected chi connectivity index (χ0v) is 9.81. The van der Waals surface area contributed by atoms with Crippen LogP contribution in [0.2, 0.25) is 0 Å². The average molecular weight is 209 g/mol. The van der Waals surface area contributed by atoms with Crippen LogP contribution >= 0.6 is 0 Å². The molecule has 0 bridgehead atoms. The number of unbranched alkanes of at least 4 members (excludes halogenated alkanes) is 1. The van der Waals surface area contributed by atoms with Gasteiger partial charge in [-0.05, 0) is 38.0 Å². The van der Waals surface area contributed by atoms with Gasteiger partial charge >= 0.3 is 0 Å². The first-order valence-electron chi connectivity index (χ1n) is 5.66. The van der Waals surface area contributed by atoms with Gasteiger partial charge in [0.25, 0.3) is 0 Å². The molecule has 0 heterocycles. The molecule has 0 aromatic heterocycles. The summed E-state index contributed by atoms with van der Waals surface area (Å²) in [5, 5.41) is 3.21. The second-order valence-corrected chi connectivity index (χ2v) is 4.17. The topological polar surface area (TPSA) is 12.0 Å².